The van der Waals surface area contributed by atoms with Gasteiger partial charge in [-0.1, -0.05) is 20.3 Å². The van der Waals surface area contributed by atoms with Crippen molar-refractivity contribution in [3.05, 3.63) is 0 Å². The van der Waals surface area contributed by atoms with Crippen molar-refractivity contribution in [2.45, 2.75) is 71.4 Å². The molecule has 0 aromatic rings. The highest BCUT2D eigenvalue weighted by atomic mass is 15.2. The molecule has 1 N–H and O–H groups in total. The fourth-order valence-electron chi connectivity index (χ4n) is 3.50. The Morgan fingerprint density at radius 2 is 1.95 bits per heavy atom. The standard InChI is InChI=1S/C17H31N3/c1-5-16(4)8-10-20(11-9-16)13-17(12-18,15-6-7-15)19-14(2)3/h14-15,19H,5-11,13H2,1-4H3. The lowest BCUT2D eigenvalue weighted by molar-refractivity contribution is 0.0903. The molecule has 1 unspecified atom stereocenters. The number of nitrogens with zero attached hydrogens (tertiary/aromatic N) is 2. The molecule has 1 saturated heterocycles. The quantitative estimate of drug-likeness (QED) is 0.810. The van der Waals surface area contributed by atoms with Gasteiger partial charge in [0, 0.05) is 12.6 Å². The summed E-state index contributed by atoms with van der Waals surface area (Å²) in [5.74, 6) is 0.564. The molecule has 0 amide bonds. The Hall–Kier alpha value is -0.590. The lowest BCUT2D eigenvalue weighted by atomic mass is 9.78. The second-order valence-corrected chi connectivity index (χ2v) is 7.60. The van der Waals surface area contributed by atoms with Crippen molar-refractivity contribution < 1.29 is 0 Å². The number of likely N-dealkylation sites (tertiary alicyclic amines) is 1. The molecule has 0 bridgehead atoms. The summed E-state index contributed by atoms with van der Waals surface area (Å²) in [7, 11) is 0. The Bertz CT molecular complexity index is 359. The first-order valence-corrected chi connectivity index (χ1v) is 8.34. The zero-order valence-corrected chi connectivity index (χ0v) is 13.7. The van der Waals surface area contributed by atoms with Gasteiger partial charge in [-0.2, -0.15) is 5.26 Å². The zero-order valence-electron chi connectivity index (χ0n) is 13.7. The number of piperidine rings is 1. The van der Waals surface area contributed by atoms with Crippen molar-refractivity contribution in [1.29, 1.82) is 5.26 Å². The van der Waals surface area contributed by atoms with Crippen LogP contribution in [0.25, 0.3) is 0 Å². The summed E-state index contributed by atoms with van der Waals surface area (Å²) < 4.78 is 0. The average molecular weight is 277 g/mol. The van der Waals surface area contributed by atoms with Crippen LogP contribution in [-0.4, -0.2) is 36.1 Å². The van der Waals surface area contributed by atoms with Gasteiger partial charge in [-0.3, -0.25) is 5.32 Å². The molecular weight excluding hydrogens is 246 g/mol. The van der Waals surface area contributed by atoms with E-state index in [1.165, 1.54) is 32.1 Å². The van der Waals surface area contributed by atoms with E-state index >= 15 is 0 Å². The maximum Gasteiger partial charge on any atom is 0.122 e. The van der Waals surface area contributed by atoms with Crippen LogP contribution in [0.4, 0.5) is 0 Å². The molecule has 0 aromatic carbocycles. The predicted molar refractivity (Wildman–Crippen MR) is 83.4 cm³/mol. The SMILES string of the molecule is CCC1(C)CCN(CC(C#N)(NC(C)C)C2CC2)CC1. The van der Waals surface area contributed by atoms with E-state index in [1.54, 1.807) is 0 Å². The number of rotatable bonds is 6. The summed E-state index contributed by atoms with van der Waals surface area (Å²) in [5.41, 5.74) is 0.213. The minimum absolute atomic E-state index is 0.311. The van der Waals surface area contributed by atoms with Crippen LogP contribution in [0.2, 0.25) is 0 Å². The van der Waals surface area contributed by atoms with Crippen LogP contribution in [-0.2, 0) is 0 Å². The van der Waals surface area contributed by atoms with Crippen LogP contribution in [0.3, 0.4) is 0 Å². The Labute approximate surface area is 124 Å². The molecule has 2 fully saturated rings. The van der Waals surface area contributed by atoms with Crippen molar-refractivity contribution in [1.82, 2.24) is 10.2 Å². The van der Waals surface area contributed by atoms with Gasteiger partial charge in [0.25, 0.3) is 0 Å². The Morgan fingerprint density at radius 1 is 1.35 bits per heavy atom. The molecule has 20 heavy (non-hydrogen) atoms. The van der Waals surface area contributed by atoms with E-state index in [0.717, 1.165) is 19.6 Å². The molecule has 0 radical (unpaired) electrons. The zero-order chi connectivity index (χ0) is 14.8. The summed E-state index contributed by atoms with van der Waals surface area (Å²) in [6.07, 6.45) is 6.26. The van der Waals surface area contributed by atoms with Gasteiger partial charge in [0.2, 0.25) is 0 Å². The largest absolute Gasteiger partial charge is 0.300 e. The fraction of sp³-hybridized carbons (Fsp3) is 0.941. The molecule has 0 aromatic heterocycles. The van der Waals surface area contributed by atoms with Gasteiger partial charge in [-0.05, 0) is 64.0 Å². The first kappa shape index (κ1) is 15.8. The highest BCUT2D eigenvalue weighted by Crippen LogP contribution is 2.41. The Kier molecular flexibility index (Phi) is 4.76. The molecule has 1 aliphatic carbocycles. The summed E-state index contributed by atoms with van der Waals surface area (Å²) in [6, 6.07) is 3.01. The molecule has 1 aliphatic heterocycles. The maximum absolute atomic E-state index is 9.78. The van der Waals surface area contributed by atoms with Gasteiger partial charge < -0.3 is 4.90 Å². The number of nitrogens with one attached hydrogen (secondary N) is 1. The van der Waals surface area contributed by atoms with Crippen molar-refractivity contribution in [2.24, 2.45) is 11.3 Å². The normalized spacial score (nSPS) is 26.2. The molecule has 1 heterocycles. The molecule has 2 aliphatic rings. The van der Waals surface area contributed by atoms with Crippen molar-refractivity contribution in [3.63, 3.8) is 0 Å². The van der Waals surface area contributed by atoms with Gasteiger partial charge in [-0.25, -0.2) is 0 Å². The van der Waals surface area contributed by atoms with E-state index in [0.29, 0.717) is 17.4 Å². The Balaban J connectivity index is 1.98. The van der Waals surface area contributed by atoms with Crippen LogP contribution in [0.15, 0.2) is 0 Å². The molecular formula is C17H31N3. The third-order valence-electron chi connectivity index (χ3n) is 5.41. The molecule has 1 atom stereocenters. The molecule has 3 nitrogen and oxygen atoms in total. The van der Waals surface area contributed by atoms with Crippen LogP contribution in [0, 0.1) is 22.7 Å². The van der Waals surface area contributed by atoms with E-state index in [1.807, 2.05) is 0 Å². The predicted octanol–water partition coefficient (Wildman–Crippen LogP) is 3.17. The fourth-order valence-corrected chi connectivity index (χ4v) is 3.50. The van der Waals surface area contributed by atoms with Gasteiger partial charge in [-0.15, -0.1) is 0 Å². The van der Waals surface area contributed by atoms with E-state index < -0.39 is 0 Å². The Morgan fingerprint density at radius 3 is 2.35 bits per heavy atom. The smallest absolute Gasteiger partial charge is 0.122 e. The van der Waals surface area contributed by atoms with Crippen LogP contribution < -0.4 is 5.32 Å². The molecule has 0 spiro atoms. The first-order chi connectivity index (χ1) is 9.43. The van der Waals surface area contributed by atoms with E-state index in [2.05, 4.69) is 44.0 Å². The highest BCUT2D eigenvalue weighted by Gasteiger charge is 2.47. The monoisotopic (exact) mass is 277 g/mol. The second-order valence-electron chi connectivity index (χ2n) is 7.60. The molecule has 2 rings (SSSR count). The minimum atomic E-state index is -0.311. The van der Waals surface area contributed by atoms with Crippen molar-refractivity contribution in [3.8, 4) is 6.07 Å². The van der Waals surface area contributed by atoms with Crippen molar-refractivity contribution in [2.75, 3.05) is 19.6 Å². The third-order valence-corrected chi connectivity index (χ3v) is 5.41. The van der Waals surface area contributed by atoms with Gasteiger partial charge in [0.1, 0.15) is 5.54 Å². The number of nitriles is 1. The second kappa shape index (κ2) is 6.03. The first-order valence-electron chi connectivity index (χ1n) is 8.34. The summed E-state index contributed by atoms with van der Waals surface area (Å²) in [6.45, 7) is 12.2. The van der Waals surface area contributed by atoms with Gasteiger partial charge in [0.05, 0.1) is 6.07 Å². The maximum atomic E-state index is 9.78. The highest BCUT2D eigenvalue weighted by molar-refractivity contribution is 5.17. The minimum Gasteiger partial charge on any atom is -0.300 e. The lowest BCUT2D eigenvalue weighted by Gasteiger charge is -2.42. The topological polar surface area (TPSA) is 39.1 Å². The van der Waals surface area contributed by atoms with Crippen LogP contribution in [0.1, 0.15) is 59.8 Å². The summed E-state index contributed by atoms with van der Waals surface area (Å²) >= 11 is 0. The van der Waals surface area contributed by atoms with E-state index in [-0.39, 0.29) is 5.54 Å². The summed E-state index contributed by atoms with van der Waals surface area (Å²) in [5, 5.41) is 13.4. The van der Waals surface area contributed by atoms with Crippen LogP contribution >= 0.6 is 0 Å². The average Bonchev–Trinajstić information content (AvgIpc) is 3.25. The van der Waals surface area contributed by atoms with E-state index in [9.17, 15) is 5.26 Å². The summed E-state index contributed by atoms with van der Waals surface area (Å²) in [4.78, 5) is 2.52. The number of hydrogen-bond acceptors (Lipinski definition) is 3. The van der Waals surface area contributed by atoms with Gasteiger partial charge >= 0.3 is 0 Å². The molecule has 114 valence electrons. The molecule has 3 heteroatoms. The van der Waals surface area contributed by atoms with E-state index in [4.69, 9.17) is 0 Å². The number of hydrogen-bond donors (Lipinski definition) is 1. The van der Waals surface area contributed by atoms with Gasteiger partial charge in [0.15, 0.2) is 0 Å². The third kappa shape index (κ3) is 3.54. The van der Waals surface area contributed by atoms with Crippen molar-refractivity contribution >= 4 is 0 Å². The lowest BCUT2D eigenvalue weighted by Crippen LogP contribution is -2.58. The van der Waals surface area contributed by atoms with Crippen LogP contribution in [0.5, 0.6) is 0 Å². The molecule has 1 saturated carbocycles.